The third-order valence-corrected chi connectivity index (χ3v) is 5.34. The van der Waals surface area contributed by atoms with Crippen LogP contribution < -0.4 is 5.73 Å². The second kappa shape index (κ2) is 4.31. The number of hydrogen-bond acceptors (Lipinski definition) is 6. The van der Waals surface area contributed by atoms with E-state index >= 15 is 0 Å². The highest BCUT2D eigenvalue weighted by atomic mass is 32.2. The average molecular weight is 261 g/mol. The van der Waals surface area contributed by atoms with E-state index in [2.05, 4.69) is 9.88 Å². The van der Waals surface area contributed by atoms with Crippen molar-refractivity contribution in [3.8, 4) is 0 Å². The van der Waals surface area contributed by atoms with E-state index in [9.17, 15) is 8.42 Å². The van der Waals surface area contributed by atoms with Crippen LogP contribution in [0.5, 0.6) is 0 Å². The van der Waals surface area contributed by atoms with Gasteiger partial charge in [0.15, 0.2) is 15.0 Å². The monoisotopic (exact) mass is 261 g/mol. The average Bonchev–Trinajstić information content (AvgIpc) is 2.56. The molecule has 0 radical (unpaired) electrons. The molecule has 90 valence electrons. The van der Waals surface area contributed by atoms with Crippen molar-refractivity contribution in [2.45, 2.75) is 19.5 Å². The van der Waals surface area contributed by atoms with Gasteiger partial charge in [-0.25, -0.2) is 13.4 Å². The molecular weight excluding hydrogens is 246 g/mol. The molecular formula is C9H15N3O2S2. The van der Waals surface area contributed by atoms with Gasteiger partial charge in [0.1, 0.15) is 0 Å². The van der Waals surface area contributed by atoms with Gasteiger partial charge in [-0.3, -0.25) is 4.90 Å². The largest absolute Gasteiger partial charge is 0.375 e. The molecule has 5 nitrogen and oxygen atoms in total. The predicted molar refractivity (Wildman–Crippen MR) is 65.1 cm³/mol. The molecule has 2 N–H and O–H groups in total. The Morgan fingerprint density at radius 3 is 3.00 bits per heavy atom. The van der Waals surface area contributed by atoms with Crippen molar-refractivity contribution in [2.75, 3.05) is 23.8 Å². The number of nitrogen functional groups attached to an aromatic ring is 1. The molecule has 16 heavy (non-hydrogen) atoms. The molecule has 0 aliphatic carbocycles. The van der Waals surface area contributed by atoms with Crippen LogP contribution in [0.25, 0.3) is 0 Å². The molecule has 1 aromatic heterocycles. The fourth-order valence-electron chi connectivity index (χ4n) is 1.86. The highest BCUT2D eigenvalue weighted by molar-refractivity contribution is 7.91. The Morgan fingerprint density at radius 1 is 1.69 bits per heavy atom. The van der Waals surface area contributed by atoms with Crippen molar-refractivity contribution in [2.24, 2.45) is 0 Å². The van der Waals surface area contributed by atoms with Gasteiger partial charge < -0.3 is 5.73 Å². The first-order chi connectivity index (χ1) is 7.46. The van der Waals surface area contributed by atoms with Crippen molar-refractivity contribution in [3.63, 3.8) is 0 Å². The van der Waals surface area contributed by atoms with Crippen LogP contribution in [-0.4, -0.2) is 42.4 Å². The minimum Gasteiger partial charge on any atom is -0.375 e. The van der Waals surface area contributed by atoms with Crippen LogP contribution >= 0.6 is 11.3 Å². The molecule has 1 aliphatic heterocycles. The molecule has 1 fully saturated rings. The summed E-state index contributed by atoms with van der Waals surface area (Å²) >= 11 is 1.46. The van der Waals surface area contributed by atoms with Crippen molar-refractivity contribution in [1.82, 2.24) is 9.88 Å². The van der Waals surface area contributed by atoms with Gasteiger partial charge in [-0.15, -0.1) is 11.3 Å². The standard InChI is InChI=1S/C9H15N3O2S2/c1-7-6-16(13,14)3-2-12(7)5-8-4-11-9(10)15-8/h4,7H,2-3,5-6H2,1H3,(H2,10,11). The van der Waals surface area contributed by atoms with E-state index in [0.717, 1.165) is 11.4 Å². The number of hydrogen-bond donors (Lipinski definition) is 1. The highest BCUT2D eigenvalue weighted by Gasteiger charge is 2.28. The van der Waals surface area contributed by atoms with E-state index in [1.165, 1.54) is 11.3 Å². The molecule has 0 spiro atoms. The summed E-state index contributed by atoms with van der Waals surface area (Å²) in [4.78, 5) is 7.23. The van der Waals surface area contributed by atoms with Crippen LogP contribution in [0.1, 0.15) is 11.8 Å². The summed E-state index contributed by atoms with van der Waals surface area (Å²) in [6, 6.07) is 0.0714. The second-order valence-corrected chi connectivity index (χ2v) is 7.47. The van der Waals surface area contributed by atoms with Gasteiger partial charge >= 0.3 is 0 Å². The van der Waals surface area contributed by atoms with E-state index in [1.807, 2.05) is 6.92 Å². The third-order valence-electron chi connectivity index (χ3n) is 2.74. The lowest BCUT2D eigenvalue weighted by atomic mass is 10.3. The lowest BCUT2D eigenvalue weighted by molar-refractivity contribution is 0.220. The zero-order chi connectivity index (χ0) is 11.8. The molecule has 0 amide bonds. The molecule has 1 saturated heterocycles. The first kappa shape index (κ1) is 11.8. The van der Waals surface area contributed by atoms with Crippen molar-refractivity contribution in [1.29, 1.82) is 0 Å². The fraction of sp³-hybridized carbons (Fsp3) is 0.667. The first-order valence-corrected chi connectivity index (χ1v) is 7.75. The van der Waals surface area contributed by atoms with Crippen molar-refractivity contribution >= 4 is 26.3 Å². The number of thiazole rings is 1. The summed E-state index contributed by atoms with van der Waals surface area (Å²) in [5, 5.41) is 0.562. The van der Waals surface area contributed by atoms with Crippen LogP contribution in [0.15, 0.2) is 6.20 Å². The van der Waals surface area contributed by atoms with Gasteiger partial charge in [0, 0.05) is 30.2 Å². The summed E-state index contributed by atoms with van der Waals surface area (Å²) < 4.78 is 22.8. The number of nitrogens with zero attached hydrogens (tertiary/aromatic N) is 2. The quantitative estimate of drug-likeness (QED) is 0.831. The molecule has 0 bridgehead atoms. The summed E-state index contributed by atoms with van der Waals surface area (Å²) in [5.74, 6) is 0.507. The molecule has 0 saturated carbocycles. The van der Waals surface area contributed by atoms with Crippen LogP contribution in [0, 0.1) is 0 Å². The predicted octanol–water partition coefficient (Wildman–Crippen LogP) is 0.344. The minimum atomic E-state index is -2.83. The maximum atomic E-state index is 11.4. The normalized spacial score (nSPS) is 25.7. The van der Waals surface area contributed by atoms with Gasteiger partial charge in [0.2, 0.25) is 0 Å². The molecule has 1 atom stereocenters. The lowest BCUT2D eigenvalue weighted by Gasteiger charge is -2.32. The Balaban J connectivity index is 2.02. The molecule has 1 aliphatic rings. The van der Waals surface area contributed by atoms with Crippen LogP contribution in [0.2, 0.25) is 0 Å². The van der Waals surface area contributed by atoms with E-state index in [4.69, 9.17) is 5.73 Å². The molecule has 2 rings (SSSR count). The summed E-state index contributed by atoms with van der Waals surface area (Å²) in [5.41, 5.74) is 5.55. The Bertz CT molecular complexity index is 469. The zero-order valence-corrected chi connectivity index (χ0v) is 10.7. The maximum absolute atomic E-state index is 11.4. The van der Waals surface area contributed by atoms with Gasteiger partial charge in [-0.05, 0) is 6.92 Å². The summed E-state index contributed by atoms with van der Waals surface area (Å²) in [6.45, 7) is 3.29. The Hall–Kier alpha value is -0.660. The third kappa shape index (κ3) is 2.72. The van der Waals surface area contributed by atoms with Gasteiger partial charge in [0.05, 0.1) is 11.5 Å². The van der Waals surface area contributed by atoms with Crippen LogP contribution in [-0.2, 0) is 16.4 Å². The SMILES string of the molecule is CC1CS(=O)(=O)CCN1Cc1cnc(N)s1. The molecule has 2 heterocycles. The molecule has 7 heteroatoms. The molecule has 1 aromatic rings. The Labute approximate surface area is 99.2 Å². The molecule has 1 unspecified atom stereocenters. The Morgan fingerprint density at radius 2 is 2.44 bits per heavy atom. The zero-order valence-electron chi connectivity index (χ0n) is 9.09. The fourth-order valence-corrected chi connectivity index (χ4v) is 4.20. The Kier molecular flexibility index (Phi) is 3.18. The number of sulfone groups is 1. The smallest absolute Gasteiger partial charge is 0.180 e. The number of nitrogens with two attached hydrogens (primary N) is 1. The van der Waals surface area contributed by atoms with Crippen molar-refractivity contribution in [3.05, 3.63) is 11.1 Å². The first-order valence-electron chi connectivity index (χ1n) is 5.11. The van der Waals surface area contributed by atoms with E-state index in [0.29, 0.717) is 11.7 Å². The lowest BCUT2D eigenvalue weighted by Crippen LogP contribution is -2.46. The topological polar surface area (TPSA) is 76.3 Å². The van der Waals surface area contributed by atoms with Crippen molar-refractivity contribution < 1.29 is 8.42 Å². The number of rotatable bonds is 2. The van der Waals surface area contributed by atoms with E-state index < -0.39 is 9.84 Å². The summed E-state index contributed by atoms with van der Waals surface area (Å²) in [6.07, 6.45) is 1.76. The van der Waals surface area contributed by atoms with E-state index in [-0.39, 0.29) is 17.5 Å². The second-order valence-electron chi connectivity index (χ2n) is 4.10. The van der Waals surface area contributed by atoms with Gasteiger partial charge in [0.25, 0.3) is 0 Å². The van der Waals surface area contributed by atoms with Gasteiger partial charge in [-0.1, -0.05) is 0 Å². The maximum Gasteiger partial charge on any atom is 0.180 e. The number of anilines is 1. The van der Waals surface area contributed by atoms with Crippen LogP contribution in [0.4, 0.5) is 5.13 Å². The summed E-state index contributed by atoms with van der Waals surface area (Å²) in [7, 11) is -2.83. The van der Waals surface area contributed by atoms with Gasteiger partial charge in [-0.2, -0.15) is 0 Å². The molecule has 0 aromatic carbocycles. The van der Waals surface area contributed by atoms with Crippen LogP contribution in [0.3, 0.4) is 0 Å². The number of aromatic nitrogens is 1. The van der Waals surface area contributed by atoms with E-state index in [1.54, 1.807) is 6.20 Å². The minimum absolute atomic E-state index is 0.0714. The highest BCUT2D eigenvalue weighted by Crippen LogP contribution is 2.20.